The molecule has 1 N–H and O–H groups in total. The summed E-state index contributed by atoms with van der Waals surface area (Å²) in [6, 6.07) is 5.63. The second-order valence-electron chi connectivity index (χ2n) is 3.39. The normalized spacial score (nSPS) is 10.2. The average Bonchev–Trinajstić information content (AvgIpc) is 2.28. The molecule has 2 aromatic rings. The van der Waals surface area contributed by atoms with E-state index in [0.717, 1.165) is 6.20 Å². The van der Waals surface area contributed by atoms with Crippen LogP contribution in [-0.4, -0.2) is 16.1 Å². The van der Waals surface area contributed by atoms with E-state index in [1.807, 2.05) is 0 Å². The Morgan fingerprint density at radius 3 is 2.71 bits per heavy atom. The number of nitrogens with zero attached hydrogens (tertiary/aromatic N) is 1. The summed E-state index contributed by atoms with van der Waals surface area (Å²) in [6.07, 6.45) is 2.46. The number of carbonyl (C=O) groups is 1. The Hall–Kier alpha value is -1.94. The minimum absolute atomic E-state index is 0.0184. The molecular weight excluding hydrogens is 245 g/mol. The standard InChI is InChI=1S/C12H7ClFNO2/c13-8-1-2-10(11(4-8)12(16)17)7-3-9(14)6-15-5-7/h1-6H,(H,16,17). The van der Waals surface area contributed by atoms with E-state index >= 15 is 0 Å². The van der Waals surface area contributed by atoms with Gasteiger partial charge in [0.2, 0.25) is 0 Å². The summed E-state index contributed by atoms with van der Waals surface area (Å²) in [7, 11) is 0. The maximum atomic E-state index is 13.0. The fourth-order valence-corrected chi connectivity index (χ4v) is 1.68. The molecule has 5 heteroatoms. The molecule has 0 spiro atoms. The zero-order valence-electron chi connectivity index (χ0n) is 8.52. The van der Waals surface area contributed by atoms with Crippen LogP contribution < -0.4 is 0 Å². The van der Waals surface area contributed by atoms with Crippen molar-refractivity contribution in [3.63, 3.8) is 0 Å². The Balaban J connectivity index is 2.63. The molecule has 0 bridgehead atoms. The molecule has 0 saturated heterocycles. The number of benzene rings is 1. The SMILES string of the molecule is O=C(O)c1cc(Cl)ccc1-c1cncc(F)c1. The van der Waals surface area contributed by atoms with Gasteiger partial charge in [0.15, 0.2) is 0 Å². The molecule has 17 heavy (non-hydrogen) atoms. The third kappa shape index (κ3) is 2.42. The average molecular weight is 252 g/mol. The van der Waals surface area contributed by atoms with E-state index < -0.39 is 11.8 Å². The van der Waals surface area contributed by atoms with Gasteiger partial charge in [-0.05, 0) is 23.8 Å². The van der Waals surface area contributed by atoms with Gasteiger partial charge in [-0.1, -0.05) is 17.7 Å². The third-order valence-electron chi connectivity index (χ3n) is 2.23. The molecule has 0 fully saturated rings. The van der Waals surface area contributed by atoms with Crippen molar-refractivity contribution in [1.29, 1.82) is 0 Å². The van der Waals surface area contributed by atoms with Crippen LogP contribution in [0.2, 0.25) is 5.02 Å². The number of hydrogen-bond acceptors (Lipinski definition) is 2. The van der Waals surface area contributed by atoms with Crippen LogP contribution in [0.25, 0.3) is 11.1 Å². The molecule has 1 aromatic heterocycles. The van der Waals surface area contributed by atoms with Crippen molar-refractivity contribution >= 4 is 17.6 Å². The summed E-state index contributed by atoms with van der Waals surface area (Å²) in [5.74, 6) is -1.64. The van der Waals surface area contributed by atoms with Gasteiger partial charge in [0.25, 0.3) is 0 Å². The second-order valence-corrected chi connectivity index (χ2v) is 3.82. The number of carboxylic acid groups (broad SMARTS) is 1. The van der Waals surface area contributed by atoms with Crippen LogP contribution in [0.1, 0.15) is 10.4 Å². The first kappa shape index (κ1) is 11.5. The Labute approximate surface area is 101 Å². The highest BCUT2D eigenvalue weighted by molar-refractivity contribution is 6.31. The van der Waals surface area contributed by atoms with Crippen molar-refractivity contribution in [1.82, 2.24) is 4.98 Å². The van der Waals surface area contributed by atoms with Crippen LogP contribution in [0, 0.1) is 5.82 Å². The third-order valence-corrected chi connectivity index (χ3v) is 2.46. The summed E-state index contributed by atoms with van der Waals surface area (Å²) in [5.41, 5.74) is 0.804. The number of hydrogen-bond donors (Lipinski definition) is 1. The van der Waals surface area contributed by atoms with Crippen LogP contribution in [-0.2, 0) is 0 Å². The van der Waals surface area contributed by atoms with Gasteiger partial charge in [-0.15, -0.1) is 0 Å². The predicted octanol–water partition coefficient (Wildman–Crippen LogP) is 3.24. The maximum absolute atomic E-state index is 13.0. The lowest BCUT2D eigenvalue weighted by molar-refractivity contribution is 0.0697. The molecule has 0 aliphatic heterocycles. The lowest BCUT2D eigenvalue weighted by Gasteiger charge is -2.06. The van der Waals surface area contributed by atoms with Crippen molar-refractivity contribution in [3.8, 4) is 11.1 Å². The number of carboxylic acids is 1. The minimum Gasteiger partial charge on any atom is -0.478 e. The highest BCUT2D eigenvalue weighted by Crippen LogP contribution is 2.26. The van der Waals surface area contributed by atoms with E-state index in [1.54, 1.807) is 6.07 Å². The molecule has 0 saturated carbocycles. The lowest BCUT2D eigenvalue weighted by Crippen LogP contribution is -1.99. The van der Waals surface area contributed by atoms with E-state index in [-0.39, 0.29) is 5.56 Å². The monoisotopic (exact) mass is 251 g/mol. The van der Waals surface area contributed by atoms with Crippen molar-refractivity contribution < 1.29 is 14.3 Å². The fourth-order valence-electron chi connectivity index (χ4n) is 1.50. The molecule has 0 radical (unpaired) electrons. The number of halogens is 2. The highest BCUT2D eigenvalue weighted by atomic mass is 35.5. The van der Waals surface area contributed by atoms with E-state index in [4.69, 9.17) is 16.7 Å². The van der Waals surface area contributed by atoms with Gasteiger partial charge in [-0.3, -0.25) is 4.98 Å². The number of rotatable bonds is 2. The van der Waals surface area contributed by atoms with E-state index in [9.17, 15) is 9.18 Å². The zero-order valence-corrected chi connectivity index (χ0v) is 9.28. The Morgan fingerprint density at radius 2 is 2.06 bits per heavy atom. The first-order valence-electron chi connectivity index (χ1n) is 4.71. The number of pyridine rings is 1. The van der Waals surface area contributed by atoms with Crippen LogP contribution in [0.15, 0.2) is 36.7 Å². The smallest absolute Gasteiger partial charge is 0.336 e. The van der Waals surface area contributed by atoms with Crippen LogP contribution in [0.5, 0.6) is 0 Å². The molecule has 0 unspecified atom stereocenters. The van der Waals surface area contributed by atoms with Gasteiger partial charge in [-0.25, -0.2) is 9.18 Å². The molecule has 86 valence electrons. The summed E-state index contributed by atoms with van der Waals surface area (Å²) in [4.78, 5) is 14.7. The Morgan fingerprint density at radius 1 is 1.29 bits per heavy atom. The summed E-state index contributed by atoms with van der Waals surface area (Å²) in [5, 5.41) is 9.36. The molecule has 0 amide bonds. The van der Waals surface area contributed by atoms with Gasteiger partial charge < -0.3 is 5.11 Å². The number of aromatic nitrogens is 1. The van der Waals surface area contributed by atoms with E-state index in [0.29, 0.717) is 16.1 Å². The molecule has 3 nitrogen and oxygen atoms in total. The predicted molar refractivity (Wildman–Crippen MR) is 61.6 cm³/mol. The highest BCUT2D eigenvalue weighted by Gasteiger charge is 2.12. The zero-order chi connectivity index (χ0) is 12.4. The molecule has 2 rings (SSSR count). The van der Waals surface area contributed by atoms with E-state index in [2.05, 4.69) is 4.98 Å². The van der Waals surface area contributed by atoms with Crippen molar-refractivity contribution in [3.05, 3.63) is 53.1 Å². The minimum atomic E-state index is -1.12. The van der Waals surface area contributed by atoms with Crippen molar-refractivity contribution in [2.24, 2.45) is 0 Å². The Bertz CT molecular complexity index is 586. The quantitative estimate of drug-likeness (QED) is 0.891. The molecular formula is C12H7ClFNO2. The van der Waals surface area contributed by atoms with Gasteiger partial charge >= 0.3 is 5.97 Å². The second kappa shape index (κ2) is 4.51. The van der Waals surface area contributed by atoms with Crippen LogP contribution in [0.3, 0.4) is 0 Å². The summed E-state index contributed by atoms with van der Waals surface area (Å²) in [6.45, 7) is 0. The molecule has 0 aliphatic carbocycles. The molecule has 0 aliphatic rings. The van der Waals surface area contributed by atoms with Crippen molar-refractivity contribution in [2.75, 3.05) is 0 Å². The molecule has 1 heterocycles. The molecule has 0 atom stereocenters. The number of aromatic carboxylic acids is 1. The maximum Gasteiger partial charge on any atom is 0.336 e. The fraction of sp³-hybridized carbons (Fsp3) is 0. The van der Waals surface area contributed by atoms with Crippen molar-refractivity contribution in [2.45, 2.75) is 0 Å². The van der Waals surface area contributed by atoms with Gasteiger partial charge in [-0.2, -0.15) is 0 Å². The van der Waals surface area contributed by atoms with Gasteiger partial charge in [0.05, 0.1) is 11.8 Å². The largest absolute Gasteiger partial charge is 0.478 e. The Kier molecular flexibility index (Phi) is 3.06. The van der Waals surface area contributed by atoms with Gasteiger partial charge in [0.1, 0.15) is 5.82 Å². The van der Waals surface area contributed by atoms with E-state index in [1.165, 1.54) is 24.4 Å². The first-order valence-corrected chi connectivity index (χ1v) is 5.09. The lowest BCUT2D eigenvalue weighted by atomic mass is 10.0. The molecule has 1 aromatic carbocycles. The van der Waals surface area contributed by atoms with Crippen LogP contribution in [0.4, 0.5) is 4.39 Å². The van der Waals surface area contributed by atoms with Crippen LogP contribution >= 0.6 is 11.6 Å². The summed E-state index contributed by atoms with van der Waals surface area (Å²) >= 11 is 5.73. The first-order chi connectivity index (χ1) is 8.08. The van der Waals surface area contributed by atoms with Gasteiger partial charge in [0, 0.05) is 16.8 Å². The summed E-state index contributed by atoms with van der Waals surface area (Å²) < 4.78 is 13.0. The topological polar surface area (TPSA) is 50.2 Å².